The van der Waals surface area contributed by atoms with Gasteiger partial charge in [-0.2, -0.15) is 0 Å². The van der Waals surface area contributed by atoms with Crippen LogP contribution in [0.3, 0.4) is 0 Å². The fourth-order valence-electron chi connectivity index (χ4n) is 4.76. The van der Waals surface area contributed by atoms with E-state index in [9.17, 15) is 14.4 Å². The minimum Gasteiger partial charge on any atom is -0.444 e. The third-order valence-corrected chi connectivity index (χ3v) is 7.74. The van der Waals surface area contributed by atoms with Crippen LogP contribution in [0.4, 0.5) is 10.5 Å². The molecule has 0 bridgehead atoms. The molecule has 8 heteroatoms. The fraction of sp³-hybridized carbons (Fsp3) is 0.559. The molecule has 0 saturated carbocycles. The number of halogens is 1. The van der Waals surface area contributed by atoms with Crippen LogP contribution in [0.15, 0.2) is 42.5 Å². The van der Waals surface area contributed by atoms with Crippen LogP contribution in [0.1, 0.15) is 103 Å². The van der Waals surface area contributed by atoms with E-state index in [1.54, 1.807) is 31.7 Å². The number of hydrogen-bond donors (Lipinski definition) is 2. The second-order valence-electron chi connectivity index (χ2n) is 12.0. The molecule has 0 aliphatic carbocycles. The number of anilines is 1. The molecule has 0 heterocycles. The van der Waals surface area contributed by atoms with Crippen molar-refractivity contribution in [3.8, 4) is 0 Å². The maximum absolute atomic E-state index is 14.5. The number of carbonyl (C=O) groups excluding carboxylic acids is 3. The molecule has 3 atom stereocenters. The minimum atomic E-state index is -0.937. The van der Waals surface area contributed by atoms with Gasteiger partial charge in [0.2, 0.25) is 5.91 Å². The normalized spacial score (nSPS) is 13.5. The number of carbonyl (C=O) groups is 3. The number of alkyl carbamates (subject to hydrolysis) is 1. The highest BCUT2D eigenvalue weighted by Gasteiger charge is 2.38. The largest absolute Gasteiger partial charge is 0.444 e. The average Bonchev–Trinajstić information content (AvgIpc) is 2.93. The summed E-state index contributed by atoms with van der Waals surface area (Å²) in [5.41, 5.74) is 2.44. The summed E-state index contributed by atoms with van der Waals surface area (Å²) in [5, 5.41) is 6.28. The van der Waals surface area contributed by atoms with E-state index in [1.807, 2.05) is 57.2 Å². The van der Waals surface area contributed by atoms with Crippen molar-refractivity contribution < 1.29 is 19.1 Å². The van der Waals surface area contributed by atoms with Crippen molar-refractivity contribution in [3.05, 3.63) is 64.2 Å². The van der Waals surface area contributed by atoms with Gasteiger partial charge in [-0.1, -0.05) is 101 Å². The molecule has 0 spiro atoms. The molecular formula is C34H50ClN3O4. The number of amides is 3. The number of unbranched alkanes of at least 4 members (excludes halogenated alkanes) is 3. The summed E-state index contributed by atoms with van der Waals surface area (Å²) in [4.78, 5) is 43.2. The molecule has 42 heavy (non-hydrogen) atoms. The van der Waals surface area contributed by atoms with E-state index in [0.717, 1.165) is 43.2 Å². The van der Waals surface area contributed by atoms with Crippen LogP contribution in [0.5, 0.6) is 0 Å². The summed E-state index contributed by atoms with van der Waals surface area (Å²) in [7, 11) is 0. The van der Waals surface area contributed by atoms with Gasteiger partial charge in [0.25, 0.3) is 5.91 Å². The van der Waals surface area contributed by atoms with Crippen molar-refractivity contribution >= 4 is 35.2 Å². The van der Waals surface area contributed by atoms with Gasteiger partial charge in [0.05, 0.1) is 10.7 Å². The third kappa shape index (κ3) is 10.3. The summed E-state index contributed by atoms with van der Waals surface area (Å²) in [6.45, 7) is 15.7. The van der Waals surface area contributed by atoms with Gasteiger partial charge >= 0.3 is 6.09 Å². The zero-order valence-electron chi connectivity index (χ0n) is 26.7. The van der Waals surface area contributed by atoms with Gasteiger partial charge in [-0.15, -0.1) is 0 Å². The van der Waals surface area contributed by atoms with Crippen molar-refractivity contribution in [3.63, 3.8) is 0 Å². The van der Waals surface area contributed by atoms with Gasteiger partial charge in [-0.3, -0.25) is 9.59 Å². The van der Waals surface area contributed by atoms with Crippen molar-refractivity contribution in [1.29, 1.82) is 0 Å². The lowest BCUT2D eigenvalue weighted by Crippen LogP contribution is -2.55. The molecular weight excluding hydrogens is 550 g/mol. The Morgan fingerprint density at radius 2 is 1.64 bits per heavy atom. The smallest absolute Gasteiger partial charge is 0.408 e. The van der Waals surface area contributed by atoms with Crippen LogP contribution in [0.2, 0.25) is 5.02 Å². The van der Waals surface area contributed by atoms with Crippen molar-refractivity contribution in [1.82, 2.24) is 10.2 Å². The second kappa shape index (κ2) is 16.5. The molecule has 0 radical (unpaired) electrons. The Morgan fingerprint density at radius 3 is 2.19 bits per heavy atom. The quantitative estimate of drug-likeness (QED) is 0.214. The first kappa shape index (κ1) is 35.1. The predicted octanol–water partition coefficient (Wildman–Crippen LogP) is 8.24. The van der Waals surface area contributed by atoms with Crippen LogP contribution >= 0.6 is 11.6 Å². The van der Waals surface area contributed by atoms with Gasteiger partial charge in [0.15, 0.2) is 0 Å². The number of rotatable bonds is 14. The second-order valence-corrected chi connectivity index (χ2v) is 12.4. The van der Waals surface area contributed by atoms with E-state index in [0.29, 0.717) is 29.2 Å². The first-order chi connectivity index (χ1) is 19.8. The van der Waals surface area contributed by atoms with Crippen LogP contribution in [-0.2, 0) is 20.7 Å². The number of hydrogen-bond acceptors (Lipinski definition) is 4. The van der Waals surface area contributed by atoms with Crippen LogP contribution in [0, 0.1) is 12.8 Å². The lowest BCUT2D eigenvalue weighted by molar-refractivity contribution is -0.142. The van der Waals surface area contributed by atoms with Crippen molar-refractivity contribution in [2.45, 2.75) is 112 Å². The maximum atomic E-state index is 14.5. The Bertz CT molecular complexity index is 1160. The van der Waals surface area contributed by atoms with Gasteiger partial charge in [-0.25, -0.2) is 4.79 Å². The number of ether oxygens (including phenoxy) is 1. The standard InChI is InChI=1S/C34H50ClN3O4/c1-9-12-13-14-22-38(32(40)29(23(4)10-2)37-33(41)42-34(6,7)8)30(26-20-18-25(11-3)19-21-26)31(39)36-28-24(5)16-15-17-27(28)35/h15-21,23,29-30H,9-14,22H2,1-8H3,(H,36,39)(H,37,41). The van der Waals surface area contributed by atoms with E-state index in [4.69, 9.17) is 16.3 Å². The molecule has 3 unspecified atom stereocenters. The number of nitrogens with one attached hydrogen (secondary N) is 2. The molecule has 0 aromatic heterocycles. The molecule has 232 valence electrons. The first-order valence-corrected chi connectivity index (χ1v) is 15.6. The summed E-state index contributed by atoms with van der Waals surface area (Å²) in [6.07, 6.45) is 4.54. The van der Waals surface area contributed by atoms with Crippen molar-refractivity contribution in [2.75, 3.05) is 11.9 Å². The molecule has 2 N–H and O–H groups in total. The number of para-hydroxylation sites is 1. The zero-order valence-corrected chi connectivity index (χ0v) is 27.4. The Morgan fingerprint density at radius 1 is 0.976 bits per heavy atom. The van der Waals surface area contributed by atoms with E-state index >= 15 is 0 Å². The number of nitrogens with zero attached hydrogens (tertiary/aromatic N) is 1. The lowest BCUT2D eigenvalue weighted by Gasteiger charge is -2.36. The molecule has 0 fully saturated rings. The highest BCUT2D eigenvalue weighted by molar-refractivity contribution is 6.34. The highest BCUT2D eigenvalue weighted by Crippen LogP contribution is 2.30. The molecule has 0 aliphatic rings. The Kier molecular flexibility index (Phi) is 13.8. The Labute approximate surface area is 257 Å². The van der Waals surface area contributed by atoms with Crippen LogP contribution in [-0.4, -0.2) is 41.0 Å². The van der Waals surface area contributed by atoms with Gasteiger partial charge in [-0.05, 0) is 69.2 Å². The van der Waals surface area contributed by atoms with Gasteiger partial charge < -0.3 is 20.3 Å². The van der Waals surface area contributed by atoms with Gasteiger partial charge in [0.1, 0.15) is 17.7 Å². The van der Waals surface area contributed by atoms with Crippen LogP contribution < -0.4 is 10.6 Å². The third-order valence-electron chi connectivity index (χ3n) is 7.42. The summed E-state index contributed by atoms with van der Waals surface area (Å²) < 4.78 is 5.51. The maximum Gasteiger partial charge on any atom is 0.408 e. The average molecular weight is 600 g/mol. The Hall–Kier alpha value is -3.06. The van der Waals surface area contributed by atoms with E-state index in [1.165, 1.54) is 0 Å². The lowest BCUT2D eigenvalue weighted by atomic mass is 9.95. The highest BCUT2D eigenvalue weighted by atomic mass is 35.5. The van der Waals surface area contributed by atoms with Crippen molar-refractivity contribution in [2.24, 2.45) is 5.92 Å². The summed E-state index contributed by atoms with van der Waals surface area (Å²) in [5.74, 6) is -0.873. The Balaban J connectivity index is 2.61. The SMILES string of the molecule is CCCCCCN(C(=O)C(NC(=O)OC(C)(C)C)C(C)CC)C(C(=O)Nc1c(C)cccc1Cl)c1ccc(CC)cc1. The topological polar surface area (TPSA) is 87.7 Å². The summed E-state index contributed by atoms with van der Waals surface area (Å²) in [6, 6.07) is 11.4. The summed E-state index contributed by atoms with van der Waals surface area (Å²) >= 11 is 6.49. The number of aryl methyl sites for hydroxylation is 2. The number of benzene rings is 2. The molecule has 0 aliphatic heterocycles. The molecule has 2 rings (SSSR count). The molecule has 2 aromatic carbocycles. The zero-order chi connectivity index (χ0) is 31.4. The first-order valence-electron chi connectivity index (χ1n) is 15.3. The molecule has 7 nitrogen and oxygen atoms in total. The van der Waals surface area contributed by atoms with Crippen LogP contribution in [0.25, 0.3) is 0 Å². The van der Waals surface area contributed by atoms with E-state index < -0.39 is 23.8 Å². The predicted molar refractivity (Wildman–Crippen MR) is 172 cm³/mol. The minimum absolute atomic E-state index is 0.194. The monoisotopic (exact) mass is 599 g/mol. The fourth-order valence-corrected chi connectivity index (χ4v) is 5.03. The molecule has 3 amide bonds. The molecule has 0 saturated heterocycles. The molecule has 2 aromatic rings. The van der Waals surface area contributed by atoms with E-state index in [-0.39, 0.29) is 17.7 Å². The van der Waals surface area contributed by atoms with E-state index in [2.05, 4.69) is 24.5 Å². The van der Waals surface area contributed by atoms with Gasteiger partial charge in [0, 0.05) is 6.54 Å².